The van der Waals surface area contributed by atoms with Crippen molar-refractivity contribution in [2.75, 3.05) is 32.6 Å². The maximum Gasteiger partial charge on any atom is 0.257 e. The first-order valence-corrected chi connectivity index (χ1v) is 9.49. The third kappa shape index (κ3) is 5.08. The second-order valence-electron chi connectivity index (χ2n) is 7.30. The molecule has 146 valence electrons. The number of pyridine rings is 1. The summed E-state index contributed by atoms with van der Waals surface area (Å²) < 4.78 is 5.73. The number of carbonyl (C=O) groups is 1. The van der Waals surface area contributed by atoms with E-state index in [0.717, 1.165) is 46.6 Å². The highest BCUT2D eigenvalue weighted by Crippen LogP contribution is 2.20. The minimum absolute atomic E-state index is 0.159. The van der Waals surface area contributed by atoms with Gasteiger partial charge in [0, 0.05) is 17.6 Å². The lowest BCUT2D eigenvalue weighted by Crippen LogP contribution is -2.15. The topological polar surface area (TPSA) is 54.5 Å². The average Bonchev–Trinajstić information content (AvgIpc) is 2.66. The number of aromatic nitrogens is 1. The molecule has 5 heteroatoms. The molecule has 0 bridgehead atoms. The van der Waals surface area contributed by atoms with Crippen molar-refractivity contribution in [3.8, 4) is 5.75 Å². The van der Waals surface area contributed by atoms with Crippen LogP contribution in [0.25, 0.3) is 10.9 Å². The molecule has 0 saturated carbocycles. The first-order chi connectivity index (χ1) is 13.4. The zero-order valence-electron chi connectivity index (χ0n) is 17.0. The summed E-state index contributed by atoms with van der Waals surface area (Å²) in [5.41, 5.74) is 4.08. The second kappa shape index (κ2) is 8.85. The molecular weight excluding hydrogens is 350 g/mol. The summed E-state index contributed by atoms with van der Waals surface area (Å²) in [4.78, 5) is 19.4. The van der Waals surface area contributed by atoms with Gasteiger partial charge in [-0.3, -0.25) is 9.78 Å². The first-order valence-electron chi connectivity index (χ1n) is 9.49. The molecular formula is C23H27N3O2. The van der Waals surface area contributed by atoms with Crippen LogP contribution in [0, 0.1) is 13.8 Å². The zero-order chi connectivity index (χ0) is 20.1. The number of rotatable bonds is 7. The molecule has 0 spiro atoms. The normalized spacial score (nSPS) is 11.0. The molecule has 0 saturated heterocycles. The lowest BCUT2D eigenvalue weighted by atomic mass is 10.1. The van der Waals surface area contributed by atoms with Crippen LogP contribution in [0.2, 0.25) is 0 Å². The Balaban J connectivity index is 1.66. The van der Waals surface area contributed by atoms with Gasteiger partial charge in [-0.25, -0.2) is 0 Å². The molecule has 1 heterocycles. The summed E-state index contributed by atoms with van der Waals surface area (Å²) in [7, 11) is 4.09. The second-order valence-corrected chi connectivity index (χ2v) is 7.30. The van der Waals surface area contributed by atoms with Crippen molar-refractivity contribution in [2.24, 2.45) is 0 Å². The minimum Gasteiger partial charge on any atom is -0.494 e. The zero-order valence-corrected chi connectivity index (χ0v) is 17.0. The van der Waals surface area contributed by atoms with E-state index in [1.165, 1.54) is 0 Å². The van der Waals surface area contributed by atoms with Gasteiger partial charge in [0.05, 0.1) is 23.4 Å². The van der Waals surface area contributed by atoms with Gasteiger partial charge < -0.3 is 15.0 Å². The molecule has 1 amide bonds. The Morgan fingerprint density at radius 2 is 1.82 bits per heavy atom. The first kappa shape index (κ1) is 19.8. The van der Waals surface area contributed by atoms with Gasteiger partial charge in [-0.05, 0) is 76.8 Å². The van der Waals surface area contributed by atoms with Crippen LogP contribution in [0.1, 0.15) is 28.0 Å². The largest absolute Gasteiger partial charge is 0.494 e. The monoisotopic (exact) mass is 377 g/mol. The van der Waals surface area contributed by atoms with Crippen molar-refractivity contribution >= 4 is 22.5 Å². The molecule has 3 aromatic rings. The van der Waals surface area contributed by atoms with Crippen LogP contribution < -0.4 is 10.1 Å². The van der Waals surface area contributed by atoms with Crippen molar-refractivity contribution in [1.82, 2.24) is 9.88 Å². The minimum atomic E-state index is -0.159. The van der Waals surface area contributed by atoms with E-state index in [0.29, 0.717) is 12.2 Å². The van der Waals surface area contributed by atoms with E-state index in [9.17, 15) is 4.79 Å². The van der Waals surface area contributed by atoms with Gasteiger partial charge >= 0.3 is 0 Å². The summed E-state index contributed by atoms with van der Waals surface area (Å²) in [6, 6.07) is 15.4. The number of carbonyl (C=O) groups excluding carboxylic acids is 1. The molecule has 0 radical (unpaired) electrons. The van der Waals surface area contributed by atoms with Crippen LogP contribution in [0.4, 0.5) is 5.69 Å². The fraction of sp³-hybridized carbons (Fsp3) is 0.304. The summed E-state index contributed by atoms with van der Waals surface area (Å²) in [5.74, 6) is 0.642. The number of benzene rings is 2. The molecule has 0 aliphatic carbocycles. The molecule has 0 aliphatic heterocycles. The number of hydrogen-bond acceptors (Lipinski definition) is 4. The molecule has 28 heavy (non-hydrogen) atoms. The molecule has 0 unspecified atom stereocenters. The third-order valence-electron chi connectivity index (χ3n) is 4.54. The Bertz CT molecular complexity index is 965. The Morgan fingerprint density at radius 1 is 1.07 bits per heavy atom. The maximum absolute atomic E-state index is 12.7. The van der Waals surface area contributed by atoms with E-state index in [1.807, 2.05) is 76.5 Å². The van der Waals surface area contributed by atoms with E-state index in [2.05, 4.69) is 15.2 Å². The van der Waals surface area contributed by atoms with Crippen molar-refractivity contribution in [3.63, 3.8) is 0 Å². The molecule has 3 rings (SSSR count). The summed E-state index contributed by atoms with van der Waals surface area (Å²) in [6.07, 6.45) is 0.971. The number of amides is 1. The number of anilines is 1. The predicted octanol–water partition coefficient (Wildman–Crippen LogP) is 4.43. The van der Waals surface area contributed by atoms with Crippen LogP contribution in [-0.2, 0) is 0 Å². The van der Waals surface area contributed by atoms with Gasteiger partial charge in [0.1, 0.15) is 5.75 Å². The average molecular weight is 377 g/mol. The van der Waals surface area contributed by atoms with Crippen LogP contribution in [0.15, 0.2) is 48.5 Å². The molecule has 0 atom stereocenters. The van der Waals surface area contributed by atoms with Gasteiger partial charge in [-0.1, -0.05) is 11.6 Å². The number of fused-ring (bicyclic) bond motifs is 1. The highest BCUT2D eigenvalue weighted by molar-refractivity contribution is 6.06. The van der Waals surface area contributed by atoms with Gasteiger partial charge in [0.2, 0.25) is 0 Å². The van der Waals surface area contributed by atoms with Crippen molar-refractivity contribution < 1.29 is 9.53 Å². The number of nitrogens with zero attached hydrogens (tertiary/aromatic N) is 2. The van der Waals surface area contributed by atoms with Gasteiger partial charge in [0.25, 0.3) is 5.91 Å². The van der Waals surface area contributed by atoms with E-state index >= 15 is 0 Å². The SMILES string of the molecule is Cc1ccc2nc(C)c(C(=O)Nc3ccc(OCCCN(C)C)cc3)cc2c1. The number of nitrogens with one attached hydrogen (secondary N) is 1. The van der Waals surface area contributed by atoms with Gasteiger partial charge in [-0.15, -0.1) is 0 Å². The highest BCUT2D eigenvalue weighted by atomic mass is 16.5. The number of aryl methyl sites for hydroxylation is 2. The van der Waals surface area contributed by atoms with E-state index in [-0.39, 0.29) is 5.91 Å². The maximum atomic E-state index is 12.7. The molecule has 2 aromatic carbocycles. The van der Waals surface area contributed by atoms with Crippen LogP contribution in [-0.4, -0.2) is 43.0 Å². The Labute approximate surface area is 166 Å². The smallest absolute Gasteiger partial charge is 0.257 e. The van der Waals surface area contributed by atoms with Crippen LogP contribution in [0.3, 0.4) is 0 Å². The van der Waals surface area contributed by atoms with Crippen LogP contribution >= 0.6 is 0 Å². The van der Waals surface area contributed by atoms with E-state index in [4.69, 9.17) is 4.74 Å². The summed E-state index contributed by atoms with van der Waals surface area (Å²) in [5, 5.41) is 3.92. The lowest BCUT2D eigenvalue weighted by Gasteiger charge is -2.11. The number of ether oxygens (including phenoxy) is 1. The standard InChI is InChI=1S/C23H27N3O2/c1-16-6-11-22-18(14-16)15-21(17(2)24-22)23(27)25-19-7-9-20(10-8-19)28-13-5-12-26(3)4/h6-11,14-15H,5,12-13H2,1-4H3,(H,25,27). The highest BCUT2D eigenvalue weighted by Gasteiger charge is 2.12. The molecule has 5 nitrogen and oxygen atoms in total. The fourth-order valence-electron chi connectivity index (χ4n) is 3.03. The molecule has 0 fully saturated rings. The predicted molar refractivity (Wildman–Crippen MR) is 114 cm³/mol. The van der Waals surface area contributed by atoms with E-state index in [1.54, 1.807) is 0 Å². The van der Waals surface area contributed by atoms with Crippen molar-refractivity contribution in [2.45, 2.75) is 20.3 Å². The van der Waals surface area contributed by atoms with Crippen molar-refractivity contribution in [1.29, 1.82) is 0 Å². The molecule has 1 N–H and O–H groups in total. The molecule has 0 aliphatic rings. The Kier molecular flexibility index (Phi) is 6.26. The lowest BCUT2D eigenvalue weighted by molar-refractivity contribution is 0.102. The number of hydrogen-bond donors (Lipinski definition) is 1. The Hall–Kier alpha value is -2.92. The van der Waals surface area contributed by atoms with Gasteiger partial charge in [0.15, 0.2) is 0 Å². The summed E-state index contributed by atoms with van der Waals surface area (Å²) in [6.45, 7) is 5.56. The third-order valence-corrected chi connectivity index (χ3v) is 4.54. The summed E-state index contributed by atoms with van der Waals surface area (Å²) >= 11 is 0. The fourth-order valence-corrected chi connectivity index (χ4v) is 3.03. The van der Waals surface area contributed by atoms with Gasteiger partial charge in [-0.2, -0.15) is 0 Å². The Morgan fingerprint density at radius 3 is 2.54 bits per heavy atom. The molecule has 1 aromatic heterocycles. The van der Waals surface area contributed by atoms with Crippen LogP contribution in [0.5, 0.6) is 5.75 Å². The van der Waals surface area contributed by atoms with E-state index < -0.39 is 0 Å². The quantitative estimate of drug-likeness (QED) is 0.619. The van der Waals surface area contributed by atoms with Crippen molar-refractivity contribution in [3.05, 3.63) is 65.4 Å².